The zero-order valence-corrected chi connectivity index (χ0v) is 14.6. The van der Waals surface area contributed by atoms with Crippen molar-refractivity contribution in [3.8, 4) is 5.75 Å². The maximum absolute atomic E-state index is 10.9. The molecule has 5 heteroatoms. The molecule has 0 bridgehead atoms. The van der Waals surface area contributed by atoms with Crippen molar-refractivity contribution in [1.29, 1.82) is 0 Å². The lowest BCUT2D eigenvalue weighted by atomic mass is 10.1. The Hall–Kier alpha value is -2.37. The highest BCUT2D eigenvalue weighted by Crippen LogP contribution is 2.17. The van der Waals surface area contributed by atoms with E-state index in [0.717, 1.165) is 25.2 Å². The second-order valence-electron chi connectivity index (χ2n) is 6.35. The Bertz CT molecular complexity index is 661. The SMILES string of the molecule is C[C@@H](CO)CN(Cc1ccccc1)Cc1cccc(OCC(N)=O)c1. The molecular weight excluding hydrogens is 316 g/mol. The summed E-state index contributed by atoms with van der Waals surface area (Å²) in [6.45, 7) is 4.39. The van der Waals surface area contributed by atoms with E-state index in [1.165, 1.54) is 5.56 Å². The van der Waals surface area contributed by atoms with Gasteiger partial charge in [0.25, 0.3) is 5.91 Å². The molecule has 2 rings (SSSR count). The first-order chi connectivity index (χ1) is 12.1. The van der Waals surface area contributed by atoms with Gasteiger partial charge in [-0.15, -0.1) is 0 Å². The summed E-state index contributed by atoms with van der Waals surface area (Å²) in [5, 5.41) is 9.39. The van der Waals surface area contributed by atoms with Crippen molar-refractivity contribution in [3.63, 3.8) is 0 Å². The van der Waals surface area contributed by atoms with Crippen LogP contribution in [-0.4, -0.2) is 35.7 Å². The van der Waals surface area contributed by atoms with Crippen molar-refractivity contribution < 1.29 is 14.6 Å². The van der Waals surface area contributed by atoms with Gasteiger partial charge in [-0.3, -0.25) is 9.69 Å². The molecule has 0 aromatic heterocycles. The van der Waals surface area contributed by atoms with Gasteiger partial charge >= 0.3 is 0 Å². The largest absolute Gasteiger partial charge is 0.484 e. The van der Waals surface area contributed by atoms with Crippen LogP contribution in [0.2, 0.25) is 0 Å². The van der Waals surface area contributed by atoms with Gasteiger partial charge in [0, 0.05) is 26.2 Å². The van der Waals surface area contributed by atoms with E-state index in [4.69, 9.17) is 10.5 Å². The van der Waals surface area contributed by atoms with Crippen LogP contribution in [0.15, 0.2) is 54.6 Å². The number of aliphatic hydroxyl groups is 1. The molecular formula is C20H26N2O3. The van der Waals surface area contributed by atoms with Gasteiger partial charge in [-0.2, -0.15) is 0 Å². The van der Waals surface area contributed by atoms with Gasteiger partial charge in [-0.1, -0.05) is 49.4 Å². The molecule has 0 saturated heterocycles. The summed E-state index contributed by atoms with van der Waals surface area (Å²) in [4.78, 5) is 13.2. The van der Waals surface area contributed by atoms with Crippen LogP contribution in [0, 0.1) is 5.92 Å². The summed E-state index contributed by atoms with van der Waals surface area (Å²) in [5.41, 5.74) is 7.44. The van der Waals surface area contributed by atoms with E-state index in [2.05, 4.69) is 17.0 Å². The number of primary amides is 1. The highest BCUT2D eigenvalue weighted by atomic mass is 16.5. The second kappa shape index (κ2) is 9.81. The molecule has 25 heavy (non-hydrogen) atoms. The molecule has 1 atom stereocenters. The quantitative estimate of drug-likeness (QED) is 0.694. The molecule has 0 radical (unpaired) electrons. The second-order valence-corrected chi connectivity index (χ2v) is 6.35. The fourth-order valence-corrected chi connectivity index (χ4v) is 2.67. The molecule has 5 nitrogen and oxygen atoms in total. The minimum Gasteiger partial charge on any atom is -0.484 e. The monoisotopic (exact) mass is 342 g/mol. The number of rotatable bonds is 10. The van der Waals surface area contributed by atoms with Crippen molar-refractivity contribution in [3.05, 3.63) is 65.7 Å². The third kappa shape index (κ3) is 6.95. The number of ether oxygens (including phenoxy) is 1. The number of carbonyl (C=O) groups excluding carboxylic acids is 1. The summed E-state index contributed by atoms with van der Waals surface area (Å²) in [6, 6.07) is 17.9. The lowest BCUT2D eigenvalue weighted by Gasteiger charge is -2.25. The van der Waals surface area contributed by atoms with Crippen molar-refractivity contribution in [2.45, 2.75) is 20.0 Å². The van der Waals surface area contributed by atoms with Gasteiger partial charge in [0.1, 0.15) is 5.75 Å². The van der Waals surface area contributed by atoms with Crippen LogP contribution in [0.5, 0.6) is 5.75 Å². The molecule has 0 heterocycles. The van der Waals surface area contributed by atoms with Crippen LogP contribution in [0.1, 0.15) is 18.1 Å². The van der Waals surface area contributed by atoms with Crippen LogP contribution < -0.4 is 10.5 Å². The summed E-state index contributed by atoms with van der Waals surface area (Å²) in [7, 11) is 0. The van der Waals surface area contributed by atoms with E-state index in [1.54, 1.807) is 0 Å². The number of nitrogens with two attached hydrogens (primary N) is 1. The lowest BCUT2D eigenvalue weighted by Crippen LogP contribution is -2.29. The van der Waals surface area contributed by atoms with E-state index < -0.39 is 5.91 Å². The number of hydrogen-bond donors (Lipinski definition) is 2. The van der Waals surface area contributed by atoms with Gasteiger partial charge in [-0.25, -0.2) is 0 Å². The first-order valence-electron chi connectivity index (χ1n) is 8.44. The van der Waals surface area contributed by atoms with Gasteiger partial charge in [0.15, 0.2) is 6.61 Å². The summed E-state index contributed by atoms with van der Waals surface area (Å²) < 4.78 is 5.38. The van der Waals surface area contributed by atoms with Crippen LogP contribution >= 0.6 is 0 Å². The molecule has 134 valence electrons. The molecule has 0 aliphatic carbocycles. The number of benzene rings is 2. The van der Waals surface area contributed by atoms with E-state index >= 15 is 0 Å². The third-order valence-corrected chi connectivity index (χ3v) is 3.82. The highest BCUT2D eigenvalue weighted by Gasteiger charge is 2.12. The van der Waals surface area contributed by atoms with Gasteiger partial charge < -0.3 is 15.6 Å². The molecule has 0 unspecified atom stereocenters. The average Bonchev–Trinajstić information content (AvgIpc) is 2.61. The Morgan fingerprint density at radius 2 is 1.80 bits per heavy atom. The van der Waals surface area contributed by atoms with Crippen LogP contribution in [-0.2, 0) is 17.9 Å². The first-order valence-corrected chi connectivity index (χ1v) is 8.44. The molecule has 0 fully saturated rings. The Kier molecular flexibility index (Phi) is 7.44. The Labute approximate surface area is 149 Å². The lowest BCUT2D eigenvalue weighted by molar-refractivity contribution is -0.119. The fraction of sp³-hybridized carbons (Fsp3) is 0.350. The van der Waals surface area contributed by atoms with Crippen LogP contribution in [0.25, 0.3) is 0 Å². The van der Waals surface area contributed by atoms with E-state index in [9.17, 15) is 9.90 Å². The van der Waals surface area contributed by atoms with Gasteiger partial charge in [-0.05, 0) is 29.2 Å². The molecule has 0 saturated carbocycles. The van der Waals surface area contributed by atoms with E-state index in [-0.39, 0.29) is 19.1 Å². The van der Waals surface area contributed by atoms with Crippen molar-refractivity contribution >= 4 is 5.91 Å². The zero-order chi connectivity index (χ0) is 18.1. The minimum atomic E-state index is -0.493. The maximum Gasteiger partial charge on any atom is 0.255 e. The van der Waals surface area contributed by atoms with Crippen molar-refractivity contribution in [1.82, 2.24) is 4.90 Å². The first kappa shape index (κ1) is 19.0. The minimum absolute atomic E-state index is 0.126. The maximum atomic E-state index is 10.9. The van der Waals surface area contributed by atoms with E-state index in [0.29, 0.717) is 5.75 Å². The average molecular weight is 342 g/mol. The number of aliphatic hydroxyl groups excluding tert-OH is 1. The van der Waals surface area contributed by atoms with Gasteiger partial charge in [0.2, 0.25) is 0 Å². The summed E-state index contributed by atoms with van der Waals surface area (Å²) >= 11 is 0. The third-order valence-electron chi connectivity index (χ3n) is 3.82. The number of hydrogen-bond acceptors (Lipinski definition) is 4. The van der Waals surface area contributed by atoms with Gasteiger partial charge in [0.05, 0.1) is 0 Å². The molecule has 2 aromatic carbocycles. The molecule has 3 N–H and O–H groups in total. The Morgan fingerprint density at radius 1 is 1.12 bits per heavy atom. The van der Waals surface area contributed by atoms with Crippen molar-refractivity contribution in [2.75, 3.05) is 19.8 Å². The molecule has 0 spiro atoms. The number of amides is 1. The molecule has 1 amide bonds. The fourth-order valence-electron chi connectivity index (χ4n) is 2.67. The topological polar surface area (TPSA) is 75.8 Å². The Balaban J connectivity index is 2.07. The smallest absolute Gasteiger partial charge is 0.255 e. The predicted molar refractivity (Wildman–Crippen MR) is 97.9 cm³/mol. The summed E-state index contributed by atoms with van der Waals surface area (Å²) in [6.07, 6.45) is 0. The summed E-state index contributed by atoms with van der Waals surface area (Å²) in [5.74, 6) is 0.331. The predicted octanol–water partition coefficient (Wildman–Crippen LogP) is 2.18. The van der Waals surface area contributed by atoms with Crippen LogP contribution in [0.4, 0.5) is 0 Å². The van der Waals surface area contributed by atoms with E-state index in [1.807, 2.05) is 49.4 Å². The zero-order valence-electron chi connectivity index (χ0n) is 14.6. The standard InChI is InChI=1S/C20H26N2O3/c1-16(14-23)11-22(12-17-6-3-2-4-7-17)13-18-8-5-9-19(10-18)25-15-20(21)24/h2-10,16,23H,11-15H2,1H3,(H2,21,24)/t16-/m1/s1. The molecule has 0 aliphatic rings. The number of nitrogens with zero attached hydrogens (tertiary/aromatic N) is 1. The highest BCUT2D eigenvalue weighted by molar-refractivity contribution is 5.75. The number of carbonyl (C=O) groups is 1. The van der Waals surface area contributed by atoms with Crippen molar-refractivity contribution in [2.24, 2.45) is 11.7 Å². The molecule has 0 aliphatic heterocycles. The molecule has 2 aromatic rings. The Morgan fingerprint density at radius 3 is 2.48 bits per heavy atom. The van der Waals surface area contributed by atoms with Crippen LogP contribution in [0.3, 0.4) is 0 Å². The normalized spacial score (nSPS) is 12.1.